The van der Waals surface area contributed by atoms with E-state index in [0.717, 1.165) is 0 Å². The maximum absolute atomic E-state index is 12.9. The molecular weight excluding hydrogens is 466 g/mol. The standard InChI is InChI=1S/C22H32ClN5O6/c1-32-17-11-27(12-18(29)28-8-4-13(5-9-28)22(31)34-3)7-6-16(17)25-20(30)14-10-15(23)19(24)26-21(14)33-2/h10,13,16-17H,4-9,11-12H2,1-3H3,(H2,24,26)(H,25,30)/t16-,17+/m1/s1. The van der Waals surface area contributed by atoms with Crippen LogP contribution in [0.2, 0.25) is 5.02 Å². The summed E-state index contributed by atoms with van der Waals surface area (Å²) in [6, 6.07) is 1.16. The third-order valence-corrected chi connectivity index (χ3v) is 6.71. The smallest absolute Gasteiger partial charge is 0.308 e. The molecular formula is C22H32ClN5O6. The predicted molar refractivity (Wildman–Crippen MR) is 125 cm³/mol. The van der Waals surface area contributed by atoms with Gasteiger partial charge in [0.15, 0.2) is 0 Å². The first-order chi connectivity index (χ1) is 16.3. The molecule has 0 unspecified atom stereocenters. The van der Waals surface area contributed by atoms with Crippen LogP contribution in [0.3, 0.4) is 0 Å². The Morgan fingerprint density at radius 2 is 1.88 bits per heavy atom. The molecule has 188 valence electrons. The number of nitrogens with one attached hydrogen (secondary N) is 1. The molecule has 2 aliphatic rings. The zero-order valence-electron chi connectivity index (χ0n) is 19.7. The molecule has 2 aliphatic heterocycles. The van der Waals surface area contributed by atoms with Crippen molar-refractivity contribution in [3.63, 3.8) is 0 Å². The lowest BCUT2D eigenvalue weighted by Gasteiger charge is -2.39. The maximum Gasteiger partial charge on any atom is 0.308 e. The van der Waals surface area contributed by atoms with Gasteiger partial charge in [-0.3, -0.25) is 19.3 Å². The van der Waals surface area contributed by atoms with Gasteiger partial charge in [-0.1, -0.05) is 11.6 Å². The molecule has 0 radical (unpaired) electrons. The van der Waals surface area contributed by atoms with Gasteiger partial charge >= 0.3 is 5.97 Å². The Labute approximate surface area is 203 Å². The highest BCUT2D eigenvalue weighted by Gasteiger charge is 2.34. The van der Waals surface area contributed by atoms with E-state index in [9.17, 15) is 14.4 Å². The Hall–Kier alpha value is -2.63. The number of halogens is 1. The summed E-state index contributed by atoms with van der Waals surface area (Å²) < 4.78 is 15.6. The van der Waals surface area contributed by atoms with Crippen molar-refractivity contribution in [2.24, 2.45) is 5.92 Å². The van der Waals surface area contributed by atoms with Crippen molar-refractivity contribution in [2.75, 3.05) is 59.8 Å². The average molecular weight is 498 g/mol. The van der Waals surface area contributed by atoms with E-state index < -0.39 is 5.91 Å². The summed E-state index contributed by atoms with van der Waals surface area (Å²) in [5.41, 5.74) is 5.88. The summed E-state index contributed by atoms with van der Waals surface area (Å²) in [6.45, 7) is 2.45. The van der Waals surface area contributed by atoms with E-state index in [1.165, 1.54) is 20.3 Å². The number of esters is 1. The molecule has 3 N–H and O–H groups in total. The fourth-order valence-electron chi connectivity index (χ4n) is 4.40. The molecule has 1 aromatic rings. The highest BCUT2D eigenvalue weighted by atomic mass is 35.5. The van der Waals surface area contributed by atoms with Crippen molar-refractivity contribution in [3.05, 3.63) is 16.7 Å². The van der Waals surface area contributed by atoms with Crippen LogP contribution in [-0.4, -0.2) is 98.8 Å². The second-order valence-electron chi connectivity index (χ2n) is 8.47. The van der Waals surface area contributed by atoms with Crippen molar-refractivity contribution in [1.82, 2.24) is 20.1 Å². The first-order valence-electron chi connectivity index (χ1n) is 11.2. The Morgan fingerprint density at radius 1 is 1.18 bits per heavy atom. The minimum atomic E-state index is -0.392. The third kappa shape index (κ3) is 6.08. The number of nitrogens with two attached hydrogens (primary N) is 1. The molecule has 2 saturated heterocycles. The van der Waals surface area contributed by atoms with Gasteiger partial charge in [-0.05, 0) is 25.3 Å². The second kappa shape index (κ2) is 11.7. The van der Waals surface area contributed by atoms with Gasteiger partial charge in [0.1, 0.15) is 11.4 Å². The van der Waals surface area contributed by atoms with E-state index in [0.29, 0.717) is 45.4 Å². The summed E-state index contributed by atoms with van der Waals surface area (Å²) in [5.74, 6) is -0.557. The number of rotatable bonds is 7. The number of carbonyl (C=O) groups is 3. The summed E-state index contributed by atoms with van der Waals surface area (Å²) >= 11 is 6.03. The molecule has 12 heteroatoms. The lowest BCUT2D eigenvalue weighted by Crippen LogP contribution is -2.56. The normalized spacial score (nSPS) is 21.7. The van der Waals surface area contributed by atoms with Crippen molar-refractivity contribution >= 4 is 35.2 Å². The molecule has 3 rings (SSSR count). The van der Waals surface area contributed by atoms with E-state index in [2.05, 4.69) is 10.3 Å². The van der Waals surface area contributed by atoms with Gasteiger partial charge in [0.2, 0.25) is 11.8 Å². The number of carbonyl (C=O) groups excluding carboxylic acids is 3. The molecule has 11 nitrogen and oxygen atoms in total. The van der Waals surface area contributed by atoms with Crippen LogP contribution < -0.4 is 15.8 Å². The van der Waals surface area contributed by atoms with Gasteiger partial charge in [0.05, 0.1) is 43.9 Å². The molecule has 0 aromatic carbocycles. The van der Waals surface area contributed by atoms with Gasteiger partial charge in [-0.2, -0.15) is 4.98 Å². The van der Waals surface area contributed by atoms with Gasteiger partial charge < -0.3 is 30.2 Å². The molecule has 0 saturated carbocycles. The van der Waals surface area contributed by atoms with Crippen LogP contribution >= 0.6 is 11.6 Å². The minimum absolute atomic E-state index is 0.0213. The maximum atomic E-state index is 12.9. The second-order valence-corrected chi connectivity index (χ2v) is 8.88. The Kier molecular flexibility index (Phi) is 8.92. The molecule has 3 heterocycles. The fraction of sp³-hybridized carbons (Fsp3) is 0.636. The van der Waals surface area contributed by atoms with Crippen LogP contribution in [0.25, 0.3) is 0 Å². The number of pyridine rings is 1. The highest BCUT2D eigenvalue weighted by Crippen LogP contribution is 2.26. The highest BCUT2D eigenvalue weighted by molar-refractivity contribution is 6.33. The Bertz CT molecular complexity index is 908. The van der Waals surface area contributed by atoms with Crippen molar-refractivity contribution in [2.45, 2.75) is 31.4 Å². The number of amides is 2. The minimum Gasteiger partial charge on any atom is -0.480 e. The van der Waals surface area contributed by atoms with E-state index in [4.69, 9.17) is 31.5 Å². The lowest BCUT2D eigenvalue weighted by atomic mass is 9.97. The first kappa shape index (κ1) is 26.0. The predicted octanol–water partition coefficient (Wildman–Crippen LogP) is 0.557. The van der Waals surface area contributed by atoms with Crippen LogP contribution in [-0.2, 0) is 19.1 Å². The van der Waals surface area contributed by atoms with Crippen LogP contribution in [0.5, 0.6) is 5.88 Å². The summed E-state index contributed by atoms with van der Waals surface area (Å²) in [5, 5.41) is 3.13. The van der Waals surface area contributed by atoms with Gasteiger partial charge in [0.25, 0.3) is 5.91 Å². The number of hydrogen-bond donors (Lipinski definition) is 2. The van der Waals surface area contributed by atoms with Gasteiger partial charge in [-0.15, -0.1) is 0 Å². The zero-order valence-corrected chi connectivity index (χ0v) is 20.5. The van der Waals surface area contributed by atoms with E-state index in [-0.39, 0.29) is 58.8 Å². The number of ether oxygens (including phenoxy) is 3. The van der Waals surface area contributed by atoms with Crippen LogP contribution in [0, 0.1) is 5.92 Å². The lowest BCUT2D eigenvalue weighted by molar-refractivity contribution is -0.149. The molecule has 2 atom stereocenters. The Balaban J connectivity index is 1.54. The zero-order chi connectivity index (χ0) is 24.8. The van der Waals surface area contributed by atoms with Crippen molar-refractivity contribution in [1.29, 1.82) is 0 Å². The first-order valence-corrected chi connectivity index (χ1v) is 11.6. The number of anilines is 1. The SMILES string of the molecule is COC(=O)C1CCN(C(=O)CN2CC[C@@H](NC(=O)c3cc(Cl)c(N)nc3OC)[C@@H](OC)C2)CC1. The summed E-state index contributed by atoms with van der Waals surface area (Å²) in [4.78, 5) is 45.2. The number of hydrogen-bond acceptors (Lipinski definition) is 9. The quantitative estimate of drug-likeness (QED) is 0.517. The third-order valence-electron chi connectivity index (χ3n) is 6.41. The number of piperidine rings is 2. The van der Waals surface area contributed by atoms with Crippen molar-refractivity contribution in [3.8, 4) is 5.88 Å². The molecule has 2 amide bonds. The Morgan fingerprint density at radius 3 is 2.50 bits per heavy atom. The van der Waals surface area contributed by atoms with Crippen LogP contribution in [0.4, 0.5) is 5.82 Å². The summed E-state index contributed by atoms with van der Waals surface area (Å²) in [6.07, 6.45) is 1.51. The van der Waals surface area contributed by atoms with E-state index in [1.54, 1.807) is 12.0 Å². The molecule has 2 fully saturated rings. The van der Waals surface area contributed by atoms with Crippen molar-refractivity contribution < 1.29 is 28.6 Å². The fourth-order valence-corrected chi connectivity index (χ4v) is 4.55. The molecule has 0 spiro atoms. The number of nitrogens with zero attached hydrogens (tertiary/aromatic N) is 3. The largest absolute Gasteiger partial charge is 0.480 e. The molecule has 0 bridgehead atoms. The van der Waals surface area contributed by atoms with Gasteiger partial charge in [-0.25, -0.2) is 0 Å². The number of methoxy groups -OCH3 is 3. The van der Waals surface area contributed by atoms with Gasteiger partial charge in [0, 0.05) is 33.3 Å². The van der Waals surface area contributed by atoms with E-state index in [1.807, 2.05) is 4.90 Å². The number of aromatic nitrogens is 1. The molecule has 1 aromatic heterocycles. The monoisotopic (exact) mass is 497 g/mol. The van der Waals surface area contributed by atoms with Crippen LogP contribution in [0.1, 0.15) is 29.6 Å². The summed E-state index contributed by atoms with van der Waals surface area (Å²) in [7, 11) is 4.36. The topological polar surface area (TPSA) is 136 Å². The van der Waals surface area contributed by atoms with Crippen LogP contribution in [0.15, 0.2) is 6.07 Å². The molecule has 0 aliphatic carbocycles. The number of likely N-dealkylation sites (tertiary alicyclic amines) is 2. The number of nitrogen functional groups attached to an aromatic ring is 1. The average Bonchev–Trinajstić information content (AvgIpc) is 2.85. The molecule has 34 heavy (non-hydrogen) atoms. The van der Waals surface area contributed by atoms with E-state index >= 15 is 0 Å².